The Morgan fingerprint density at radius 1 is 1.50 bits per heavy atom. The molecule has 0 spiro atoms. The molecule has 1 aromatic rings. The molecule has 0 saturated carbocycles. The first kappa shape index (κ1) is 13.4. The highest BCUT2D eigenvalue weighted by atomic mass is 16.5. The molecule has 3 heteroatoms. The number of ether oxygens (including phenoxy) is 2. The monoisotopic (exact) mass is 249 g/mol. The maximum atomic E-state index is 5.39. The molecule has 1 N–H and O–H groups in total. The van der Waals surface area contributed by atoms with Gasteiger partial charge < -0.3 is 14.8 Å². The van der Waals surface area contributed by atoms with Crippen molar-refractivity contribution in [1.29, 1.82) is 0 Å². The molecule has 1 saturated heterocycles. The Kier molecular flexibility index (Phi) is 5.02. The van der Waals surface area contributed by atoms with Gasteiger partial charge >= 0.3 is 0 Å². The van der Waals surface area contributed by atoms with E-state index >= 15 is 0 Å². The number of rotatable bonds is 6. The normalized spacial score (nSPS) is 20.9. The molecule has 0 amide bonds. The zero-order valence-electron chi connectivity index (χ0n) is 11.3. The van der Waals surface area contributed by atoms with E-state index < -0.39 is 0 Å². The lowest BCUT2D eigenvalue weighted by Crippen LogP contribution is -2.22. The summed E-state index contributed by atoms with van der Waals surface area (Å²) in [6.07, 6.45) is 2.42. The second-order valence-electron chi connectivity index (χ2n) is 4.97. The van der Waals surface area contributed by atoms with Crippen LogP contribution in [0.1, 0.15) is 31.4 Å². The van der Waals surface area contributed by atoms with E-state index in [1.807, 2.05) is 12.1 Å². The largest absolute Gasteiger partial charge is 0.497 e. The van der Waals surface area contributed by atoms with Crippen molar-refractivity contribution in [3.8, 4) is 5.75 Å². The van der Waals surface area contributed by atoms with Crippen molar-refractivity contribution in [2.24, 2.45) is 5.92 Å². The number of nitrogens with one attached hydrogen (secondary N) is 1. The van der Waals surface area contributed by atoms with Crippen molar-refractivity contribution in [1.82, 2.24) is 5.32 Å². The summed E-state index contributed by atoms with van der Waals surface area (Å²) in [6, 6.07) is 8.61. The van der Waals surface area contributed by atoms with Crippen LogP contribution in [0.25, 0.3) is 0 Å². The standard InChI is InChI=1S/C15H23NO2/c1-12(14-4-3-5-15(10-14)17-2)16-8-6-13-7-9-18-11-13/h3-5,10,12-13,16H,6-9,11H2,1-2H3. The quantitative estimate of drug-likeness (QED) is 0.841. The maximum Gasteiger partial charge on any atom is 0.119 e. The van der Waals surface area contributed by atoms with Gasteiger partial charge in [0.05, 0.1) is 7.11 Å². The van der Waals surface area contributed by atoms with Crippen LogP contribution in [-0.4, -0.2) is 26.9 Å². The van der Waals surface area contributed by atoms with Gasteiger partial charge in [-0.05, 0) is 49.9 Å². The van der Waals surface area contributed by atoms with Crippen molar-refractivity contribution >= 4 is 0 Å². The molecule has 1 fully saturated rings. The molecule has 0 aromatic heterocycles. The van der Waals surface area contributed by atoms with E-state index in [9.17, 15) is 0 Å². The highest BCUT2D eigenvalue weighted by Crippen LogP contribution is 2.20. The highest BCUT2D eigenvalue weighted by Gasteiger charge is 2.15. The number of hydrogen-bond acceptors (Lipinski definition) is 3. The first-order valence-corrected chi connectivity index (χ1v) is 6.74. The zero-order valence-corrected chi connectivity index (χ0v) is 11.3. The van der Waals surface area contributed by atoms with Crippen LogP contribution >= 0.6 is 0 Å². The maximum absolute atomic E-state index is 5.39. The van der Waals surface area contributed by atoms with Crippen LogP contribution in [0, 0.1) is 5.92 Å². The molecule has 1 aliphatic heterocycles. The second-order valence-corrected chi connectivity index (χ2v) is 4.97. The third-order valence-electron chi connectivity index (χ3n) is 3.62. The first-order chi connectivity index (χ1) is 8.79. The summed E-state index contributed by atoms with van der Waals surface area (Å²) >= 11 is 0. The Hall–Kier alpha value is -1.06. The Labute approximate surface area is 109 Å². The lowest BCUT2D eigenvalue weighted by Gasteiger charge is -2.16. The van der Waals surface area contributed by atoms with Crippen molar-refractivity contribution in [3.05, 3.63) is 29.8 Å². The fraction of sp³-hybridized carbons (Fsp3) is 0.600. The van der Waals surface area contributed by atoms with Crippen LogP contribution < -0.4 is 10.1 Å². The number of benzene rings is 1. The minimum atomic E-state index is 0.363. The Morgan fingerprint density at radius 2 is 2.39 bits per heavy atom. The molecule has 1 aromatic carbocycles. The van der Waals surface area contributed by atoms with Crippen molar-refractivity contribution < 1.29 is 9.47 Å². The van der Waals surface area contributed by atoms with E-state index in [0.717, 1.165) is 31.4 Å². The van der Waals surface area contributed by atoms with Crippen LogP contribution in [0.5, 0.6) is 5.75 Å². The highest BCUT2D eigenvalue weighted by molar-refractivity contribution is 5.30. The molecule has 2 unspecified atom stereocenters. The van der Waals surface area contributed by atoms with Crippen LogP contribution in [0.3, 0.4) is 0 Å². The van der Waals surface area contributed by atoms with Gasteiger partial charge in [0.15, 0.2) is 0 Å². The van der Waals surface area contributed by atoms with Gasteiger partial charge in [-0.1, -0.05) is 12.1 Å². The molecule has 1 heterocycles. The Balaban J connectivity index is 1.77. The molecule has 100 valence electrons. The van der Waals surface area contributed by atoms with Gasteiger partial charge in [-0.2, -0.15) is 0 Å². The van der Waals surface area contributed by atoms with E-state index in [0.29, 0.717) is 6.04 Å². The van der Waals surface area contributed by atoms with Gasteiger partial charge in [0.25, 0.3) is 0 Å². The summed E-state index contributed by atoms with van der Waals surface area (Å²) in [7, 11) is 1.71. The first-order valence-electron chi connectivity index (χ1n) is 6.74. The van der Waals surface area contributed by atoms with E-state index in [4.69, 9.17) is 9.47 Å². The van der Waals surface area contributed by atoms with Crippen LogP contribution in [0.15, 0.2) is 24.3 Å². The lowest BCUT2D eigenvalue weighted by molar-refractivity contribution is 0.184. The molecule has 1 aliphatic rings. The summed E-state index contributed by atoms with van der Waals surface area (Å²) in [5.74, 6) is 1.67. The Bertz CT molecular complexity index is 361. The number of hydrogen-bond donors (Lipinski definition) is 1. The minimum Gasteiger partial charge on any atom is -0.497 e. The van der Waals surface area contributed by atoms with E-state index in [-0.39, 0.29) is 0 Å². The van der Waals surface area contributed by atoms with Gasteiger partial charge in [-0.25, -0.2) is 0 Å². The predicted molar refractivity (Wildman–Crippen MR) is 73.0 cm³/mol. The summed E-state index contributed by atoms with van der Waals surface area (Å²) < 4.78 is 10.6. The summed E-state index contributed by atoms with van der Waals surface area (Å²) in [5.41, 5.74) is 1.28. The van der Waals surface area contributed by atoms with E-state index in [1.165, 1.54) is 18.4 Å². The third kappa shape index (κ3) is 3.72. The van der Waals surface area contributed by atoms with E-state index in [2.05, 4.69) is 24.4 Å². The summed E-state index contributed by atoms with van der Waals surface area (Å²) in [5, 5.41) is 3.57. The van der Waals surface area contributed by atoms with Crippen molar-refractivity contribution in [2.45, 2.75) is 25.8 Å². The van der Waals surface area contributed by atoms with Crippen LogP contribution in [-0.2, 0) is 4.74 Å². The zero-order chi connectivity index (χ0) is 12.8. The molecule has 3 nitrogen and oxygen atoms in total. The smallest absolute Gasteiger partial charge is 0.119 e. The van der Waals surface area contributed by atoms with Crippen LogP contribution in [0.2, 0.25) is 0 Å². The molecular weight excluding hydrogens is 226 g/mol. The fourth-order valence-corrected chi connectivity index (χ4v) is 2.34. The van der Waals surface area contributed by atoms with Gasteiger partial charge in [-0.15, -0.1) is 0 Å². The molecule has 18 heavy (non-hydrogen) atoms. The molecule has 2 atom stereocenters. The van der Waals surface area contributed by atoms with Gasteiger partial charge in [0.2, 0.25) is 0 Å². The second kappa shape index (κ2) is 6.76. The van der Waals surface area contributed by atoms with Crippen LogP contribution in [0.4, 0.5) is 0 Å². The topological polar surface area (TPSA) is 30.5 Å². The van der Waals surface area contributed by atoms with E-state index in [1.54, 1.807) is 7.11 Å². The van der Waals surface area contributed by atoms with Gasteiger partial charge in [0.1, 0.15) is 5.75 Å². The minimum absolute atomic E-state index is 0.363. The molecule has 0 bridgehead atoms. The SMILES string of the molecule is COc1cccc(C(C)NCCC2CCOC2)c1. The third-order valence-corrected chi connectivity index (χ3v) is 3.62. The summed E-state index contributed by atoms with van der Waals surface area (Å²) in [6.45, 7) is 5.12. The van der Waals surface area contributed by atoms with Gasteiger partial charge in [0, 0.05) is 19.3 Å². The predicted octanol–water partition coefficient (Wildman–Crippen LogP) is 2.77. The Morgan fingerprint density at radius 3 is 3.11 bits per heavy atom. The van der Waals surface area contributed by atoms with Gasteiger partial charge in [-0.3, -0.25) is 0 Å². The molecule has 0 aliphatic carbocycles. The van der Waals surface area contributed by atoms with Crippen molar-refractivity contribution in [3.63, 3.8) is 0 Å². The van der Waals surface area contributed by atoms with Crippen molar-refractivity contribution in [2.75, 3.05) is 26.9 Å². The summed E-state index contributed by atoms with van der Waals surface area (Å²) in [4.78, 5) is 0. The lowest BCUT2D eigenvalue weighted by atomic mass is 10.0. The molecule has 2 rings (SSSR count). The average molecular weight is 249 g/mol. The molecular formula is C15H23NO2. The number of methoxy groups -OCH3 is 1. The fourth-order valence-electron chi connectivity index (χ4n) is 2.34. The average Bonchev–Trinajstić information content (AvgIpc) is 2.92. The molecule has 0 radical (unpaired) electrons.